The molecular formula is C15H20N2O3. The molecule has 3 rings (SSSR count). The summed E-state index contributed by atoms with van der Waals surface area (Å²) >= 11 is 0. The fourth-order valence-electron chi connectivity index (χ4n) is 2.62. The van der Waals surface area contributed by atoms with Gasteiger partial charge in [0.25, 0.3) is 5.91 Å². The van der Waals surface area contributed by atoms with Gasteiger partial charge in [-0.1, -0.05) is 0 Å². The van der Waals surface area contributed by atoms with Gasteiger partial charge in [-0.3, -0.25) is 4.79 Å². The van der Waals surface area contributed by atoms with Crippen LogP contribution in [0.1, 0.15) is 29.6 Å². The number of rotatable bonds is 2. The third-order valence-corrected chi connectivity index (χ3v) is 3.72. The summed E-state index contributed by atoms with van der Waals surface area (Å²) < 4.78 is 11.0. The minimum Gasteiger partial charge on any atom is -0.486 e. The lowest BCUT2D eigenvalue weighted by Crippen LogP contribution is -2.35. The van der Waals surface area contributed by atoms with Crippen molar-refractivity contribution in [2.24, 2.45) is 0 Å². The standard InChI is InChI=1S/C15H20N2O3/c18-15(17-12-2-1-6-16-7-5-12)11-3-4-13-14(10-11)20-9-8-19-13/h3-4,10,12,16H,1-2,5-9H2,(H,17,18). The summed E-state index contributed by atoms with van der Waals surface area (Å²) in [5, 5.41) is 6.45. The lowest BCUT2D eigenvalue weighted by atomic mass is 10.1. The first-order valence-corrected chi connectivity index (χ1v) is 7.24. The molecule has 1 amide bonds. The molecule has 0 spiro atoms. The predicted octanol–water partition coefficient (Wildman–Crippen LogP) is 1.33. The van der Waals surface area contributed by atoms with E-state index < -0.39 is 0 Å². The van der Waals surface area contributed by atoms with E-state index >= 15 is 0 Å². The van der Waals surface area contributed by atoms with Gasteiger partial charge < -0.3 is 20.1 Å². The van der Waals surface area contributed by atoms with Gasteiger partial charge >= 0.3 is 0 Å². The van der Waals surface area contributed by atoms with Gasteiger partial charge in [0.2, 0.25) is 0 Å². The largest absolute Gasteiger partial charge is 0.486 e. The first kappa shape index (κ1) is 13.2. The Kier molecular flexibility index (Phi) is 4.06. The van der Waals surface area contributed by atoms with E-state index in [1.807, 2.05) is 0 Å². The van der Waals surface area contributed by atoms with Crippen molar-refractivity contribution in [3.8, 4) is 11.5 Å². The minimum atomic E-state index is -0.0335. The van der Waals surface area contributed by atoms with Gasteiger partial charge in [0, 0.05) is 11.6 Å². The van der Waals surface area contributed by atoms with Crippen LogP contribution in [0.15, 0.2) is 18.2 Å². The van der Waals surface area contributed by atoms with Crippen LogP contribution >= 0.6 is 0 Å². The van der Waals surface area contributed by atoms with Gasteiger partial charge in [0.15, 0.2) is 11.5 Å². The van der Waals surface area contributed by atoms with Crippen LogP contribution in [0.3, 0.4) is 0 Å². The number of nitrogens with one attached hydrogen (secondary N) is 2. The zero-order valence-electron chi connectivity index (χ0n) is 11.5. The van der Waals surface area contributed by atoms with Gasteiger partial charge in [0.1, 0.15) is 13.2 Å². The number of fused-ring (bicyclic) bond motifs is 1. The monoisotopic (exact) mass is 276 g/mol. The highest BCUT2D eigenvalue weighted by molar-refractivity contribution is 5.95. The molecule has 1 fully saturated rings. The highest BCUT2D eigenvalue weighted by Gasteiger charge is 2.18. The molecule has 0 aromatic heterocycles. The normalized spacial score (nSPS) is 21.9. The number of amides is 1. The van der Waals surface area contributed by atoms with E-state index in [4.69, 9.17) is 9.47 Å². The molecule has 2 aliphatic rings. The van der Waals surface area contributed by atoms with E-state index in [0.29, 0.717) is 30.3 Å². The molecule has 0 bridgehead atoms. The average molecular weight is 276 g/mol. The lowest BCUT2D eigenvalue weighted by Gasteiger charge is -2.20. The quantitative estimate of drug-likeness (QED) is 0.855. The lowest BCUT2D eigenvalue weighted by molar-refractivity contribution is 0.0933. The van der Waals surface area contributed by atoms with Crippen LogP contribution in [0, 0.1) is 0 Å². The van der Waals surface area contributed by atoms with Gasteiger partial charge in [-0.25, -0.2) is 0 Å². The van der Waals surface area contributed by atoms with Crippen LogP contribution in [-0.2, 0) is 0 Å². The van der Waals surface area contributed by atoms with Crippen LogP contribution in [0.2, 0.25) is 0 Å². The van der Waals surface area contributed by atoms with Crippen molar-refractivity contribution >= 4 is 5.91 Å². The van der Waals surface area contributed by atoms with E-state index in [9.17, 15) is 4.79 Å². The highest BCUT2D eigenvalue weighted by Crippen LogP contribution is 2.30. The summed E-state index contributed by atoms with van der Waals surface area (Å²) in [5.74, 6) is 1.34. The van der Waals surface area contributed by atoms with Crippen LogP contribution < -0.4 is 20.1 Å². The Balaban J connectivity index is 1.67. The van der Waals surface area contributed by atoms with E-state index in [1.54, 1.807) is 18.2 Å². The van der Waals surface area contributed by atoms with Crippen molar-refractivity contribution in [1.29, 1.82) is 0 Å². The van der Waals surface area contributed by atoms with E-state index in [-0.39, 0.29) is 11.9 Å². The third-order valence-electron chi connectivity index (χ3n) is 3.72. The zero-order valence-corrected chi connectivity index (χ0v) is 11.5. The smallest absolute Gasteiger partial charge is 0.251 e. The van der Waals surface area contributed by atoms with Gasteiger partial charge in [0.05, 0.1) is 0 Å². The fraction of sp³-hybridized carbons (Fsp3) is 0.533. The Labute approximate surface area is 118 Å². The summed E-state index contributed by atoms with van der Waals surface area (Å²) in [5.41, 5.74) is 0.631. The van der Waals surface area contributed by atoms with Crippen molar-refractivity contribution in [3.63, 3.8) is 0 Å². The van der Waals surface area contributed by atoms with Gasteiger partial charge in [-0.2, -0.15) is 0 Å². The molecule has 5 heteroatoms. The summed E-state index contributed by atoms with van der Waals surface area (Å²) in [6, 6.07) is 5.61. The Hall–Kier alpha value is -1.75. The Morgan fingerprint density at radius 3 is 2.90 bits per heavy atom. The third kappa shape index (κ3) is 3.04. The Morgan fingerprint density at radius 2 is 2.00 bits per heavy atom. The first-order chi connectivity index (χ1) is 9.83. The molecule has 5 nitrogen and oxygen atoms in total. The molecule has 2 N–H and O–H groups in total. The van der Waals surface area contributed by atoms with Crippen LogP contribution in [0.25, 0.3) is 0 Å². The number of ether oxygens (including phenoxy) is 2. The Bertz CT molecular complexity index is 482. The molecule has 2 heterocycles. The molecule has 1 atom stereocenters. The molecule has 0 aliphatic carbocycles. The molecule has 20 heavy (non-hydrogen) atoms. The topological polar surface area (TPSA) is 59.6 Å². The number of hydrogen-bond donors (Lipinski definition) is 2. The van der Waals surface area contributed by atoms with Crippen molar-refractivity contribution in [1.82, 2.24) is 10.6 Å². The molecule has 1 saturated heterocycles. The Morgan fingerprint density at radius 1 is 1.15 bits per heavy atom. The van der Waals surface area contributed by atoms with Crippen molar-refractivity contribution < 1.29 is 14.3 Å². The average Bonchev–Trinajstić information content (AvgIpc) is 2.75. The first-order valence-electron chi connectivity index (χ1n) is 7.24. The molecule has 2 aliphatic heterocycles. The number of carbonyl (C=O) groups is 1. The minimum absolute atomic E-state index is 0.0335. The van der Waals surface area contributed by atoms with E-state index in [2.05, 4.69) is 10.6 Å². The SMILES string of the molecule is O=C(NC1CCCNCC1)c1ccc2c(c1)OCCO2. The van der Waals surface area contributed by atoms with Crippen molar-refractivity contribution in [2.45, 2.75) is 25.3 Å². The zero-order chi connectivity index (χ0) is 13.8. The maximum Gasteiger partial charge on any atom is 0.251 e. The maximum absolute atomic E-state index is 12.3. The highest BCUT2D eigenvalue weighted by atomic mass is 16.6. The van der Waals surface area contributed by atoms with Gasteiger partial charge in [-0.05, 0) is 50.6 Å². The van der Waals surface area contributed by atoms with E-state index in [0.717, 1.165) is 32.4 Å². The summed E-state index contributed by atoms with van der Waals surface area (Å²) in [6.45, 7) is 3.10. The summed E-state index contributed by atoms with van der Waals surface area (Å²) in [7, 11) is 0. The van der Waals surface area contributed by atoms with Gasteiger partial charge in [-0.15, -0.1) is 0 Å². The molecule has 1 aromatic rings. The summed E-state index contributed by atoms with van der Waals surface area (Å²) in [4.78, 5) is 12.3. The fourth-order valence-corrected chi connectivity index (χ4v) is 2.62. The number of benzene rings is 1. The van der Waals surface area contributed by atoms with E-state index in [1.165, 1.54) is 0 Å². The second-order valence-corrected chi connectivity index (χ2v) is 5.21. The molecule has 1 unspecified atom stereocenters. The molecule has 0 radical (unpaired) electrons. The second-order valence-electron chi connectivity index (χ2n) is 5.21. The van der Waals surface area contributed by atoms with Crippen LogP contribution in [0.4, 0.5) is 0 Å². The molecule has 108 valence electrons. The number of hydrogen-bond acceptors (Lipinski definition) is 4. The van der Waals surface area contributed by atoms with Crippen molar-refractivity contribution in [3.05, 3.63) is 23.8 Å². The number of carbonyl (C=O) groups excluding carboxylic acids is 1. The van der Waals surface area contributed by atoms with Crippen molar-refractivity contribution in [2.75, 3.05) is 26.3 Å². The van der Waals surface area contributed by atoms with Crippen LogP contribution in [-0.4, -0.2) is 38.3 Å². The predicted molar refractivity (Wildman–Crippen MR) is 75.4 cm³/mol. The molecule has 0 saturated carbocycles. The second kappa shape index (κ2) is 6.13. The molecule has 1 aromatic carbocycles. The summed E-state index contributed by atoms with van der Waals surface area (Å²) in [6.07, 6.45) is 3.12. The molecular weight excluding hydrogens is 256 g/mol. The van der Waals surface area contributed by atoms with Crippen LogP contribution in [0.5, 0.6) is 11.5 Å². The maximum atomic E-state index is 12.3.